The van der Waals surface area contributed by atoms with Crippen LogP contribution in [0.15, 0.2) is 71.6 Å². The average Bonchev–Trinajstić information content (AvgIpc) is 3.13. The van der Waals surface area contributed by atoms with Crippen LogP contribution in [0.25, 0.3) is 0 Å². The highest BCUT2D eigenvalue weighted by Crippen LogP contribution is 2.37. The minimum Gasteiger partial charge on any atom is -0.496 e. The molecule has 1 aliphatic heterocycles. The van der Waals surface area contributed by atoms with Crippen molar-refractivity contribution in [2.45, 2.75) is 37.8 Å². The van der Waals surface area contributed by atoms with Crippen LogP contribution in [-0.2, 0) is 23.0 Å². The van der Waals surface area contributed by atoms with E-state index in [2.05, 4.69) is 5.32 Å². The van der Waals surface area contributed by atoms with E-state index in [0.29, 0.717) is 30.0 Å². The molecule has 1 aliphatic rings. The smallest absolute Gasteiger partial charge is 0.264 e. The van der Waals surface area contributed by atoms with Gasteiger partial charge < -0.3 is 10.1 Å². The number of nitrogens with zero attached hydrogens (tertiary/aromatic N) is 1. The average molecular weight is 451 g/mol. The highest BCUT2D eigenvalue weighted by Gasteiger charge is 2.36. The Morgan fingerprint density at radius 3 is 2.53 bits per heavy atom. The number of sulfonamides is 1. The number of methoxy groups -OCH3 is 1. The van der Waals surface area contributed by atoms with E-state index in [1.165, 1.54) is 4.31 Å². The fraction of sp³-hybridized carbons (Fsp3) is 0.240. The molecule has 32 heavy (non-hydrogen) atoms. The number of hydrogen-bond donors (Lipinski definition) is 1. The summed E-state index contributed by atoms with van der Waals surface area (Å²) in [5.41, 5.74) is 3.86. The number of anilines is 1. The van der Waals surface area contributed by atoms with Gasteiger partial charge in [0.15, 0.2) is 0 Å². The number of fused-ring (bicyclic) bond motifs is 1. The van der Waals surface area contributed by atoms with Crippen LogP contribution in [0.2, 0.25) is 0 Å². The van der Waals surface area contributed by atoms with Crippen LogP contribution < -0.4 is 14.4 Å². The molecule has 0 aliphatic carbocycles. The molecule has 1 atom stereocenters. The van der Waals surface area contributed by atoms with Crippen molar-refractivity contribution in [1.82, 2.24) is 5.32 Å². The van der Waals surface area contributed by atoms with E-state index in [1.807, 2.05) is 38.1 Å². The molecular weight excluding hydrogens is 424 g/mol. The topological polar surface area (TPSA) is 75.7 Å². The van der Waals surface area contributed by atoms with Gasteiger partial charge in [0, 0.05) is 23.7 Å². The first-order valence-corrected chi connectivity index (χ1v) is 11.9. The lowest BCUT2D eigenvalue weighted by Crippen LogP contribution is -2.35. The second-order valence-corrected chi connectivity index (χ2v) is 9.82. The van der Waals surface area contributed by atoms with Crippen LogP contribution in [0.4, 0.5) is 5.69 Å². The molecule has 166 valence electrons. The normalized spacial score (nSPS) is 15.3. The Kier molecular flexibility index (Phi) is 5.93. The van der Waals surface area contributed by atoms with Gasteiger partial charge in [0.25, 0.3) is 15.9 Å². The largest absolute Gasteiger partial charge is 0.496 e. The highest BCUT2D eigenvalue weighted by atomic mass is 32.2. The number of nitrogens with one attached hydrogen (secondary N) is 1. The summed E-state index contributed by atoms with van der Waals surface area (Å²) in [5.74, 6) is 0.499. The number of carbonyl (C=O) groups is 1. The summed E-state index contributed by atoms with van der Waals surface area (Å²) >= 11 is 0. The van der Waals surface area contributed by atoms with Crippen LogP contribution in [0.3, 0.4) is 0 Å². The predicted octanol–water partition coefficient (Wildman–Crippen LogP) is 4.07. The summed E-state index contributed by atoms with van der Waals surface area (Å²) in [4.78, 5) is 13.0. The molecule has 0 aromatic heterocycles. The van der Waals surface area contributed by atoms with Gasteiger partial charge in [-0.05, 0) is 62.2 Å². The van der Waals surface area contributed by atoms with E-state index in [4.69, 9.17) is 4.74 Å². The first kappa shape index (κ1) is 21.9. The third-order valence-corrected chi connectivity index (χ3v) is 7.65. The second kappa shape index (κ2) is 8.67. The van der Waals surface area contributed by atoms with Gasteiger partial charge in [-0.3, -0.25) is 9.10 Å². The van der Waals surface area contributed by atoms with Crippen molar-refractivity contribution >= 4 is 21.6 Å². The van der Waals surface area contributed by atoms with Crippen molar-refractivity contribution in [3.63, 3.8) is 0 Å². The van der Waals surface area contributed by atoms with Crippen LogP contribution >= 0.6 is 0 Å². The van der Waals surface area contributed by atoms with Crippen molar-refractivity contribution in [3.05, 3.63) is 89.0 Å². The zero-order valence-corrected chi connectivity index (χ0v) is 19.1. The Balaban J connectivity index is 1.56. The standard InChI is InChI=1S/C25H26N2O4S/c1-17-8-11-22(12-9-17)32(29,30)27-18(2)14-21-15-19(10-13-23(21)27)25(28)26-16-20-6-4-5-7-24(20)31-3/h4-13,15,18H,14,16H2,1-3H3,(H,26,28)/t18-/m1/s1. The number of ether oxygens (including phenoxy) is 1. The monoisotopic (exact) mass is 450 g/mol. The van der Waals surface area contributed by atoms with Gasteiger partial charge in [-0.15, -0.1) is 0 Å². The third-order valence-electron chi connectivity index (χ3n) is 5.70. The Bertz CT molecular complexity index is 1250. The van der Waals surface area contributed by atoms with Crippen molar-refractivity contribution in [2.75, 3.05) is 11.4 Å². The molecule has 0 saturated heterocycles. The lowest BCUT2D eigenvalue weighted by Gasteiger charge is -2.24. The second-order valence-electron chi connectivity index (χ2n) is 8.01. The summed E-state index contributed by atoms with van der Waals surface area (Å²) in [6, 6.07) is 19.3. The number of rotatable bonds is 6. The Morgan fingerprint density at radius 2 is 1.81 bits per heavy atom. The van der Waals surface area contributed by atoms with E-state index in [9.17, 15) is 13.2 Å². The van der Waals surface area contributed by atoms with Gasteiger partial charge in [0.1, 0.15) is 5.75 Å². The fourth-order valence-corrected chi connectivity index (χ4v) is 5.75. The summed E-state index contributed by atoms with van der Waals surface area (Å²) in [7, 11) is -2.09. The number of hydrogen-bond acceptors (Lipinski definition) is 4. The molecule has 4 rings (SSSR count). The number of amides is 1. The molecule has 1 amide bonds. The molecule has 7 heteroatoms. The van der Waals surface area contributed by atoms with E-state index >= 15 is 0 Å². The SMILES string of the molecule is COc1ccccc1CNC(=O)c1ccc2c(c1)C[C@@H](C)N2S(=O)(=O)c1ccc(C)cc1. The van der Waals surface area contributed by atoms with E-state index in [-0.39, 0.29) is 16.8 Å². The number of para-hydroxylation sites is 1. The third kappa shape index (κ3) is 4.08. The number of carbonyl (C=O) groups excluding carboxylic acids is 1. The molecule has 0 radical (unpaired) electrons. The number of aryl methyl sites for hydroxylation is 1. The Hall–Kier alpha value is -3.32. The fourth-order valence-electron chi connectivity index (χ4n) is 4.06. The lowest BCUT2D eigenvalue weighted by atomic mass is 10.1. The maximum Gasteiger partial charge on any atom is 0.264 e. The van der Waals surface area contributed by atoms with Crippen LogP contribution in [-0.4, -0.2) is 27.5 Å². The van der Waals surface area contributed by atoms with Crippen LogP contribution in [0, 0.1) is 6.92 Å². The molecule has 3 aromatic rings. The minimum absolute atomic E-state index is 0.216. The van der Waals surface area contributed by atoms with Gasteiger partial charge in [0.2, 0.25) is 0 Å². The molecule has 0 bridgehead atoms. The molecular formula is C25H26N2O4S. The molecule has 0 saturated carbocycles. The summed E-state index contributed by atoms with van der Waals surface area (Å²) in [5, 5.41) is 2.91. The molecule has 0 spiro atoms. The van der Waals surface area contributed by atoms with Crippen molar-refractivity contribution in [1.29, 1.82) is 0 Å². The first-order chi connectivity index (χ1) is 15.3. The first-order valence-electron chi connectivity index (χ1n) is 10.5. The van der Waals surface area contributed by atoms with Crippen LogP contribution in [0.5, 0.6) is 5.75 Å². The zero-order chi connectivity index (χ0) is 22.9. The minimum atomic E-state index is -3.69. The van der Waals surface area contributed by atoms with Gasteiger partial charge in [-0.2, -0.15) is 0 Å². The molecule has 0 fully saturated rings. The summed E-state index contributed by atoms with van der Waals surface area (Å²) in [6.07, 6.45) is 0.550. The molecule has 1 N–H and O–H groups in total. The van der Waals surface area contributed by atoms with Gasteiger partial charge in [-0.1, -0.05) is 35.9 Å². The summed E-state index contributed by atoms with van der Waals surface area (Å²) < 4.78 is 33.4. The molecule has 0 unspecified atom stereocenters. The van der Waals surface area contributed by atoms with E-state index in [0.717, 1.165) is 16.7 Å². The number of benzene rings is 3. The highest BCUT2D eigenvalue weighted by molar-refractivity contribution is 7.92. The maximum absolute atomic E-state index is 13.3. The Labute approximate surface area is 188 Å². The quantitative estimate of drug-likeness (QED) is 0.614. The van der Waals surface area contributed by atoms with Crippen LogP contribution in [0.1, 0.15) is 34.0 Å². The van der Waals surface area contributed by atoms with Crippen molar-refractivity contribution < 1.29 is 17.9 Å². The lowest BCUT2D eigenvalue weighted by molar-refractivity contribution is 0.0950. The zero-order valence-electron chi connectivity index (χ0n) is 18.3. The summed E-state index contributed by atoms with van der Waals surface area (Å²) in [6.45, 7) is 4.14. The van der Waals surface area contributed by atoms with Gasteiger partial charge >= 0.3 is 0 Å². The maximum atomic E-state index is 13.3. The van der Waals surface area contributed by atoms with E-state index in [1.54, 1.807) is 49.6 Å². The van der Waals surface area contributed by atoms with Gasteiger partial charge in [-0.25, -0.2) is 8.42 Å². The van der Waals surface area contributed by atoms with E-state index < -0.39 is 10.0 Å². The molecule has 6 nitrogen and oxygen atoms in total. The molecule has 3 aromatic carbocycles. The molecule has 1 heterocycles. The predicted molar refractivity (Wildman–Crippen MR) is 125 cm³/mol. The van der Waals surface area contributed by atoms with Gasteiger partial charge in [0.05, 0.1) is 17.7 Å². The van der Waals surface area contributed by atoms with Crippen molar-refractivity contribution in [3.8, 4) is 5.75 Å². The van der Waals surface area contributed by atoms with Crippen molar-refractivity contribution in [2.24, 2.45) is 0 Å². The Morgan fingerprint density at radius 1 is 1.09 bits per heavy atom.